The van der Waals surface area contributed by atoms with Crippen molar-refractivity contribution in [3.63, 3.8) is 0 Å². The van der Waals surface area contributed by atoms with Crippen LogP contribution in [0.1, 0.15) is 28.7 Å². The number of carbonyl (C=O) groups is 1. The summed E-state index contributed by atoms with van der Waals surface area (Å²) in [5.41, 5.74) is 6.19. The monoisotopic (exact) mass is 411 g/mol. The molecule has 8 nitrogen and oxygen atoms in total. The number of hydrogen-bond donors (Lipinski definition) is 2. The van der Waals surface area contributed by atoms with Crippen LogP contribution in [-0.4, -0.2) is 41.7 Å². The number of amides is 1. The zero-order valence-electron chi connectivity index (χ0n) is 15.9. The Labute approximate surface area is 165 Å². The minimum atomic E-state index is -3.00. The van der Waals surface area contributed by atoms with Gasteiger partial charge in [0.05, 0.1) is 19.0 Å². The van der Waals surface area contributed by atoms with Crippen molar-refractivity contribution in [1.82, 2.24) is 9.97 Å². The van der Waals surface area contributed by atoms with Crippen LogP contribution in [0.2, 0.25) is 0 Å². The summed E-state index contributed by atoms with van der Waals surface area (Å²) in [6.07, 6.45) is 0.589. The maximum absolute atomic E-state index is 14.1. The molecule has 0 aliphatic carbocycles. The molecule has 0 saturated carbocycles. The van der Waals surface area contributed by atoms with Crippen LogP contribution in [0.15, 0.2) is 29.4 Å². The van der Waals surface area contributed by atoms with Gasteiger partial charge in [-0.05, 0) is 37.6 Å². The third-order valence-corrected chi connectivity index (χ3v) is 3.71. The third-order valence-electron chi connectivity index (χ3n) is 3.71. The van der Waals surface area contributed by atoms with Crippen LogP contribution < -0.4 is 15.8 Å². The maximum Gasteiger partial charge on any atom is 0.336 e. The number of alkyl halides is 2. The fourth-order valence-corrected chi connectivity index (χ4v) is 2.46. The van der Waals surface area contributed by atoms with Crippen LogP contribution in [0.4, 0.5) is 18.9 Å². The molecule has 1 aromatic heterocycles. The number of hydrogen-bond acceptors (Lipinski definition) is 6. The molecule has 156 valence electrons. The van der Waals surface area contributed by atoms with Crippen molar-refractivity contribution in [2.45, 2.75) is 32.9 Å². The van der Waals surface area contributed by atoms with Crippen molar-refractivity contribution in [1.29, 1.82) is 0 Å². The van der Waals surface area contributed by atoms with E-state index in [-0.39, 0.29) is 23.6 Å². The van der Waals surface area contributed by atoms with E-state index in [0.29, 0.717) is 11.4 Å². The second-order valence-electron chi connectivity index (χ2n) is 5.98. The van der Waals surface area contributed by atoms with Crippen LogP contribution in [0, 0.1) is 12.7 Å². The van der Waals surface area contributed by atoms with E-state index in [1.807, 2.05) is 0 Å². The number of aromatic nitrogens is 2. The maximum atomic E-state index is 14.1. The van der Waals surface area contributed by atoms with Crippen molar-refractivity contribution >= 4 is 17.6 Å². The summed E-state index contributed by atoms with van der Waals surface area (Å²) in [6, 6.07) is 3.26. The SMILES string of the molecule is COc1cnc(C(=O)Nc2ccc(F)c(C[C@@H](C)OC(N)=NC(F)F)c2)c(C)n1. The molecule has 1 aromatic carbocycles. The number of anilines is 1. The number of aryl methyl sites for hydroxylation is 1. The van der Waals surface area contributed by atoms with Crippen molar-refractivity contribution in [2.75, 3.05) is 12.4 Å². The quantitative estimate of drug-likeness (QED) is 0.412. The topological polar surface area (TPSA) is 112 Å². The summed E-state index contributed by atoms with van der Waals surface area (Å²) < 4.78 is 48.4. The molecule has 2 rings (SSSR count). The van der Waals surface area contributed by atoms with Crippen LogP contribution in [0.25, 0.3) is 0 Å². The molecular formula is C18H20F3N5O3. The van der Waals surface area contributed by atoms with Gasteiger partial charge in [-0.1, -0.05) is 0 Å². The highest BCUT2D eigenvalue weighted by Gasteiger charge is 2.16. The fraction of sp³-hybridized carbons (Fsp3) is 0.333. The van der Waals surface area contributed by atoms with E-state index >= 15 is 0 Å². The molecule has 1 heterocycles. The van der Waals surface area contributed by atoms with E-state index in [0.717, 1.165) is 0 Å². The molecular weight excluding hydrogens is 391 g/mol. The van der Waals surface area contributed by atoms with Gasteiger partial charge in [0.25, 0.3) is 11.9 Å². The number of ether oxygens (including phenoxy) is 2. The van der Waals surface area contributed by atoms with Gasteiger partial charge in [0, 0.05) is 12.1 Å². The first-order valence-corrected chi connectivity index (χ1v) is 8.45. The van der Waals surface area contributed by atoms with Crippen molar-refractivity contribution in [3.8, 4) is 5.88 Å². The standard InChI is InChI=1S/C18H20F3N5O3/c1-9(29-18(22)26-17(20)21)6-11-7-12(4-5-13(11)19)25-16(27)15-10(2)24-14(28-3)8-23-15/h4-5,7-9,17H,6H2,1-3H3,(H2,22,26)(H,25,27)/t9-/m1/s1. The number of nitrogens with two attached hydrogens (primary N) is 1. The molecule has 0 aliphatic heterocycles. The third kappa shape index (κ3) is 6.33. The van der Waals surface area contributed by atoms with E-state index in [9.17, 15) is 18.0 Å². The van der Waals surface area contributed by atoms with Gasteiger partial charge in [0.15, 0.2) is 0 Å². The molecule has 0 radical (unpaired) electrons. The molecule has 0 unspecified atom stereocenters. The largest absolute Gasteiger partial charge is 0.480 e. The van der Waals surface area contributed by atoms with E-state index in [4.69, 9.17) is 15.2 Å². The van der Waals surface area contributed by atoms with E-state index in [2.05, 4.69) is 20.3 Å². The van der Waals surface area contributed by atoms with Gasteiger partial charge in [-0.25, -0.2) is 14.4 Å². The Balaban J connectivity index is 2.11. The first kappa shape index (κ1) is 21.9. The summed E-state index contributed by atoms with van der Waals surface area (Å²) in [4.78, 5) is 23.3. The van der Waals surface area contributed by atoms with Gasteiger partial charge in [-0.15, -0.1) is 0 Å². The first-order chi connectivity index (χ1) is 13.7. The van der Waals surface area contributed by atoms with E-state index in [1.54, 1.807) is 6.92 Å². The minimum Gasteiger partial charge on any atom is -0.480 e. The number of nitrogens with one attached hydrogen (secondary N) is 1. The molecule has 2 aromatic rings. The molecule has 11 heteroatoms. The van der Waals surface area contributed by atoms with Crippen LogP contribution in [0.5, 0.6) is 5.88 Å². The average molecular weight is 411 g/mol. The fourth-order valence-electron chi connectivity index (χ4n) is 2.46. The van der Waals surface area contributed by atoms with Gasteiger partial charge in [0.2, 0.25) is 5.88 Å². The molecule has 0 aliphatic rings. The molecule has 1 atom stereocenters. The van der Waals surface area contributed by atoms with Crippen LogP contribution in [0.3, 0.4) is 0 Å². The highest BCUT2D eigenvalue weighted by Crippen LogP contribution is 2.19. The molecule has 3 N–H and O–H groups in total. The first-order valence-electron chi connectivity index (χ1n) is 8.45. The van der Waals surface area contributed by atoms with Gasteiger partial charge < -0.3 is 20.5 Å². The number of amidine groups is 1. The number of benzene rings is 1. The van der Waals surface area contributed by atoms with E-state index in [1.165, 1.54) is 38.4 Å². The van der Waals surface area contributed by atoms with E-state index < -0.39 is 30.4 Å². The number of halogens is 3. The van der Waals surface area contributed by atoms with Gasteiger partial charge in [-0.3, -0.25) is 4.79 Å². The van der Waals surface area contributed by atoms with Crippen LogP contribution in [-0.2, 0) is 11.2 Å². The lowest BCUT2D eigenvalue weighted by molar-refractivity contribution is 0.102. The zero-order chi connectivity index (χ0) is 21.6. The molecule has 0 spiro atoms. The van der Waals surface area contributed by atoms with Crippen LogP contribution >= 0.6 is 0 Å². The Hall–Kier alpha value is -3.37. The lowest BCUT2D eigenvalue weighted by Crippen LogP contribution is -2.25. The van der Waals surface area contributed by atoms with Crippen molar-refractivity contribution in [2.24, 2.45) is 10.7 Å². The average Bonchev–Trinajstić information content (AvgIpc) is 2.63. The van der Waals surface area contributed by atoms with Gasteiger partial charge >= 0.3 is 6.55 Å². The Morgan fingerprint density at radius 2 is 2.10 bits per heavy atom. The highest BCUT2D eigenvalue weighted by atomic mass is 19.3. The predicted molar refractivity (Wildman–Crippen MR) is 99.6 cm³/mol. The second kappa shape index (κ2) is 9.71. The molecule has 0 saturated heterocycles. The Bertz CT molecular complexity index is 908. The second-order valence-corrected chi connectivity index (χ2v) is 5.98. The minimum absolute atomic E-state index is 0.0103. The summed E-state index contributed by atoms with van der Waals surface area (Å²) in [5, 5.41) is 2.61. The summed E-state index contributed by atoms with van der Waals surface area (Å²) in [5.74, 6) is -0.817. The number of carbonyl (C=O) groups excluding carboxylic acids is 1. The highest BCUT2D eigenvalue weighted by molar-refractivity contribution is 6.03. The van der Waals surface area contributed by atoms with Gasteiger partial charge in [0.1, 0.15) is 17.6 Å². The molecule has 0 fully saturated rings. The number of methoxy groups -OCH3 is 1. The number of rotatable bonds is 7. The lowest BCUT2D eigenvalue weighted by atomic mass is 10.1. The number of nitrogens with zero attached hydrogens (tertiary/aromatic N) is 3. The molecule has 29 heavy (non-hydrogen) atoms. The normalized spacial score (nSPS) is 12.6. The Kier molecular flexibility index (Phi) is 7.34. The molecule has 0 bridgehead atoms. The lowest BCUT2D eigenvalue weighted by Gasteiger charge is -2.15. The number of aliphatic imine (C=N–C) groups is 1. The summed E-state index contributed by atoms with van der Waals surface area (Å²) in [7, 11) is 1.43. The van der Waals surface area contributed by atoms with Crippen molar-refractivity contribution < 1.29 is 27.4 Å². The smallest absolute Gasteiger partial charge is 0.336 e. The summed E-state index contributed by atoms with van der Waals surface area (Å²) in [6.45, 7) is 0.127. The predicted octanol–water partition coefficient (Wildman–Crippen LogP) is 2.67. The van der Waals surface area contributed by atoms with Gasteiger partial charge in [-0.2, -0.15) is 13.8 Å². The van der Waals surface area contributed by atoms with Crippen molar-refractivity contribution in [3.05, 3.63) is 47.2 Å². The Morgan fingerprint density at radius 3 is 2.72 bits per heavy atom. The summed E-state index contributed by atoms with van der Waals surface area (Å²) >= 11 is 0. The Morgan fingerprint density at radius 1 is 1.38 bits per heavy atom. The zero-order valence-corrected chi connectivity index (χ0v) is 15.9. The molecule has 1 amide bonds.